The van der Waals surface area contributed by atoms with Gasteiger partial charge in [0.1, 0.15) is 0 Å². The average molecular weight is 223 g/mol. The maximum Gasteiger partial charge on any atom is 0.217 e. The van der Waals surface area contributed by atoms with E-state index >= 15 is 0 Å². The minimum absolute atomic E-state index is 0.245. The molecule has 2 nitrogen and oxygen atoms in total. The monoisotopic (exact) mass is 223 g/mol. The Morgan fingerprint density at radius 1 is 1.06 bits per heavy atom. The number of aryl methyl sites for hydroxylation is 1. The van der Waals surface area contributed by atoms with Crippen LogP contribution in [-0.2, 0) is 11.2 Å². The Labute approximate surface area is 99.9 Å². The number of hydrogen-bond donors (Lipinski definition) is 1. The summed E-state index contributed by atoms with van der Waals surface area (Å²) in [5.74, 6) is -0.245. The first-order chi connectivity index (χ1) is 7.62. The van der Waals surface area contributed by atoms with E-state index in [1.54, 1.807) is 6.92 Å². The van der Waals surface area contributed by atoms with E-state index in [9.17, 15) is 4.79 Å². The fourth-order valence-electron chi connectivity index (χ4n) is 0.714. The van der Waals surface area contributed by atoms with Gasteiger partial charge in [-0.15, -0.1) is 0 Å². The third-order valence-corrected chi connectivity index (χ3v) is 1.60. The summed E-state index contributed by atoms with van der Waals surface area (Å²) in [5, 5.41) is 0. The van der Waals surface area contributed by atoms with E-state index in [1.807, 2.05) is 6.07 Å². The highest BCUT2D eigenvalue weighted by Crippen LogP contribution is 1.96. The van der Waals surface area contributed by atoms with Crippen LogP contribution >= 0.6 is 0 Å². The maximum atomic E-state index is 9.59. The van der Waals surface area contributed by atoms with Crippen LogP contribution in [0.25, 0.3) is 0 Å². The first kappa shape index (κ1) is 17.1. The molecule has 0 saturated carbocycles. The Morgan fingerprint density at radius 2 is 1.44 bits per heavy atom. The lowest BCUT2D eigenvalue weighted by atomic mass is 10.2. The highest BCUT2D eigenvalue weighted by Gasteiger charge is 1.80. The number of nitrogens with two attached hydrogens (primary N) is 1. The van der Waals surface area contributed by atoms with E-state index in [0.717, 1.165) is 6.42 Å². The molecule has 2 heteroatoms. The molecule has 0 aliphatic heterocycles. The van der Waals surface area contributed by atoms with Crippen molar-refractivity contribution in [2.45, 2.75) is 47.0 Å². The van der Waals surface area contributed by atoms with Crippen LogP contribution in [0.4, 0.5) is 0 Å². The van der Waals surface area contributed by atoms with Crippen molar-refractivity contribution in [1.29, 1.82) is 0 Å². The number of carbonyl (C=O) groups excluding carboxylic acids is 1. The van der Waals surface area contributed by atoms with Crippen molar-refractivity contribution >= 4 is 5.91 Å². The summed E-state index contributed by atoms with van der Waals surface area (Å²) in [6.45, 7) is 8.14. The zero-order valence-electron chi connectivity index (χ0n) is 11.0. The Morgan fingerprint density at radius 3 is 1.62 bits per heavy atom. The second kappa shape index (κ2) is 13.7. The summed E-state index contributed by atoms with van der Waals surface area (Å²) in [6.07, 6.45) is 2.83. The molecule has 0 spiro atoms. The lowest BCUT2D eigenvalue weighted by molar-refractivity contribution is -0.117. The molecule has 16 heavy (non-hydrogen) atoms. The zero-order chi connectivity index (χ0) is 12.8. The third-order valence-electron chi connectivity index (χ3n) is 1.60. The molecule has 92 valence electrons. The first-order valence-corrected chi connectivity index (χ1v) is 5.94. The van der Waals surface area contributed by atoms with Crippen molar-refractivity contribution in [3.05, 3.63) is 35.9 Å². The number of primary amides is 1. The van der Waals surface area contributed by atoms with Gasteiger partial charge < -0.3 is 5.73 Å². The summed E-state index contributed by atoms with van der Waals surface area (Å²) in [4.78, 5) is 9.59. The number of carbonyl (C=O) groups is 1. The van der Waals surface area contributed by atoms with E-state index < -0.39 is 0 Å². The van der Waals surface area contributed by atoms with E-state index in [1.165, 1.54) is 12.0 Å². The largest absolute Gasteiger partial charge is 0.370 e. The normalized spacial score (nSPS) is 8.00. The zero-order valence-corrected chi connectivity index (χ0v) is 11.0. The van der Waals surface area contributed by atoms with Gasteiger partial charge in [-0.3, -0.25) is 4.79 Å². The van der Waals surface area contributed by atoms with Crippen LogP contribution in [-0.4, -0.2) is 5.91 Å². The molecular formula is C14H25NO. The van der Waals surface area contributed by atoms with Crippen molar-refractivity contribution in [3.63, 3.8) is 0 Å². The lowest BCUT2D eigenvalue weighted by Crippen LogP contribution is -2.06. The van der Waals surface area contributed by atoms with Crippen LogP contribution in [0.1, 0.15) is 46.1 Å². The molecule has 0 radical (unpaired) electrons. The van der Waals surface area contributed by atoms with E-state index in [2.05, 4.69) is 50.8 Å². The number of benzene rings is 1. The van der Waals surface area contributed by atoms with Crippen LogP contribution in [0.2, 0.25) is 0 Å². The van der Waals surface area contributed by atoms with Gasteiger partial charge in [-0.2, -0.15) is 0 Å². The fraction of sp³-hybridized carbons (Fsp3) is 0.500. The van der Waals surface area contributed by atoms with Crippen LogP contribution in [0.5, 0.6) is 0 Å². The van der Waals surface area contributed by atoms with Crippen molar-refractivity contribution in [2.75, 3.05) is 0 Å². The SMILES string of the molecule is CCC.CCC(N)=O.CCc1ccccc1. The molecule has 0 unspecified atom stereocenters. The molecule has 0 heterocycles. The van der Waals surface area contributed by atoms with E-state index in [4.69, 9.17) is 0 Å². The van der Waals surface area contributed by atoms with Crippen molar-refractivity contribution < 1.29 is 4.79 Å². The van der Waals surface area contributed by atoms with Crippen LogP contribution in [0.3, 0.4) is 0 Å². The molecule has 1 amide bonds. The third kappa shape index (κ3) is 15.2. The predicted molar refractivity (Wildman–Crippen MR) is 71.3 cm³/mol. The quantitative estimate of drug-likeness (QED) is 0.818. The highest BCUT2D eigenvalue weighted by molar-refractivity contribution is 5.73. The topological polar surface area (TPSA) is 43.1 Å². The van der Waals surface area contributed by atoms with E-state index in [-0.39, 0.29) is 5.91 Å². The van der Waals surface area contributed by atoms with Gasteiger partial charge in [-0.25, -0.2) is 0 Å². The van der Waals surface area contributed by atoms with Gasteiger partial charge >= 0.3 is 0 Å². The van der Waals surface area contributed by atoms with Crippen LogP contribution < -0.4 is 5.73 Å². The number of rotatable bonds is 2. The van der Waals surface area contributed by atoms with Gasteiger partial charge in [0, 0.05) is 6.42 Å². The van der Waals surface area contributed by atoms with Gasteiger partial charge in [0.15, 0.2) is 0 Å². The Balaban J connectivity index is 0. The van der Waals surface area contributed by atoms with Crippen molar-refractivity contribution in [1.82, 2.24) is 0 Å². The molecule has 1 aromatic carbocycles. The second-order valence-electron chi connectivity index (χ2n) is 3.37. The Hall–Kier alpha value is -1.31. The van der Waals surface area contributed by atoms with Crippen LogP contribution in [0.15, 0.2) is 30.3 Å². The smallest absolute Gasteiger partial charge is 0.217 e. The minimum Gasteiger partial charge on any atom is -0.370 e. The molecule has 0 bridgehead atoms. The summed E-state index contributed by atoms with van der Waals surface area (Å²) < 4.78 is 0. The molecule has 0 aromatic heterocycles. The Kier molecular flexibility index (Phi) is 14.6. The molecule has 0 saturated heterocycles. The number of amides is 1. The summed E-state index contributed by atoms with van der Waals surface area (Å²) >= 11 is 0. The minimum atomic E-state index is -0.245. The highest BCUT2D eigenvalue weighted by atomic mass is 16.1. The van der Waals surface area contributed by atoms with E-state index in [0.29, 0.717) is 6.42 Å². The molecule has 0 aliphatic rings. The maximum absolute atomic E-state index is 9.59. The fourth-order valence-corrected chi connectivity index (χ4v) is 0.714. The van der Waals surface area contributed by atoms with Gasteiger partial charge in [-0.05, 0) is 12.0 Å². The molecule has 0 fully saturated rings. The molecular weight excluding hydrogens is 198 g/mol. The van der Waals surface area contributed by atoms with Gasteiger partial charge in [0.25, 0.3) is 0 Å². The van der Waals surface area contributed by atoms with Crippen molar-refractivity contribution in [2.24, 2.45) is 5.73 Å². The lowest BCUT2D eigenvalue weighted by Gasteiger charge is -1.89. The first-order valence-electron chi connectivity index (χ1n) is 5.94. The molecule has 1 aromatic rings. The summed E-state index contributed by atoms with van der Waals surface area (Å²) in [6, 6.07) is 10.5. The average Bonchev–Trinajstić information content (AvgIpc) is 2.32. The molecule has 0 atom stereocenters. The summed E-state index contributed by atoms with van der Waals surface area (Å²) in [5.41, 5.74) is 6.06. The molecule has 1 rings (SSSR count). The van der Waals surface area contributed by atoms with Crippen LogP contribution in [0, 0.1) is 0 Å². The second-order valence-corrected chi connectivity index (χ2v) is 3.37. The van der Waals surface area contributed by atoms with Crippen molar-refractivity contribution in [3.8, 4) is 0 Å². The van der Waals surface area contributed by atoms with Gasteiger partial charge in [0.2, 0.25) is 5.91 Å². The predicted octanol–water partition coefficient (Wildman–Crippen LogP) is 3.55. The summed E-state index contributed by atoms with van der Waals surface area (Å²) in [7, 11) is 0. The standard InChI is InChI=1S/C8H10.C3H7NO.C3H8/c1-2-8-6-4-3-5-7-8;1-2-3(4)5;1-3-2/h3-7H,2H2,1H3;2H2,1H3,(H2,4,5);3H2,1-2H3. The molecule has 0 aliphatic carbocycles. The number of hydrogen-bond acceptors (Lipinski definition) is 1. The molecule has 2 N–H and O–H groups in total. The Bertz CT molecular complexity index is 244. The van der Waals surface area contributed by atoms with Gasteiger partial charge in [-0.1, -0.05) is 64.4 Å². The van der Waals surface area contributed by atoms with Gasteiger partial charge in [0.05, 0.1) is 0 Å².